The summed E-state index contributed by atoms with van der Waals surface area (Å²) in [5, 5.41) is 2.17. The van der Waals surface area contributed by atoms with Crippen LogP contribution in [0.15, 0.2) is 45.8 Å². The lowest BCUT2D eigenvalue weighted by molar-refractivity contribution is -0.137. The van der Waals surface area contributed by atoms with E-state index < -0.39 is 28.8 Å². The highest BCUT2D eigenvalue weighted by molar-refractivity contribution is 9.10. The van der Waals surface area contributed by atoms with E-state index in [4.69, 9.17) is 0 Å². The molecule has 0 unspecified atom stereocenters. The molecule has 1 aromatic heterocycles. The van der Waals surface area contributed by atoms with Crippen molar-refractivity contribution in [3.63, 3.8) is 0 Å². The van der Waals surface area contributed by atoms with E-state index >= 15 is 0 Å². The van der Waals surface area contributed by atoms with Crippen LogP contribution in [0.25, 0.3) is 0 Å². The van der Waals surface area contributed by atoms with E-state index in [2.05, 4.69) is 26.2 Å². The molecule has 0 saturated heterocycles. The molecule has 0 fully saturated rings. The maximum absolute atomic E-state index is 12.8. The third kappa shape index (κ3) is 3.52. The van der Waals surface area contributed by atoms with Gasteiger partial charge in [-0.15, -0.1) is 0 Å². The summed E-state index contributed by atoms with van der Waals surface area (Å²) in [6.45, 7) is 0. The zero-order valence-electron chi connectivity index (χ0n) is 10.3. The number of anilines is 1. The molecule has 21 heavy (non-hydrogen) atoms. The van der Waals surface area contributed by atoms with Crippen molar-refractivity contribution in [2.24, 2.45) is 0 Å². The number of carbonyl (C=O) groups excluding carboxylic acids is 1. The summed E-state index contributed by atoms with van der Waals surface area (Å²) in [5.74, 6) is -1.01. The molecule has 0 atom stereocenters. The average Bonchev–Trinajstić information content (AvgIpc) is 2.42. The van der Waals surface area contributed by atoms with Crippen LogP contribution in [0.3, 0.4) is 0 Å². The standard InChI is InChI=1S/C13H8BrF3N2O2/c14-7-5-10(12(21)18-6-7)19-11(20)8-3-1-2-4-9(8)13(15,16)17/h1-6H,(H,18,21)(H,19,20). The van der Waals surface area contributed by atoms with E-state index in [0.29, 0.717) is 4.47 Å². The number of halogens is 4. The smallest absolute Gasteiger partial charge is 0.326 e. The van der Waals surface area contributed by atoms with Gasteiger partial charge in [0.15, 0.2) is 0 Å². The minimum absolute atomic E-state index is 0.147. The van der Waals surface area contributed by atoms with E-state index in [0.717, 1.165) is 12.1 Å². The van der Waals surface area contributed by atoms with Gasteiger partial charge in [-0.1, -0.05) is 12.1 Å². The van der Waals surface area contributed by atoms with E-state index in [1.54, 1.807) is 0 Å². The Morgan fingerprint density at radius 1 is 1.24 bits per heavy atom. The van der Waals surface area contributed by atoms with Crippen LogP contribution in [-0.4, -0.2) is 10.9 Å². The zero-order valence-corrected chi connectivity index (χ0v) is 11.9. The second-order valence-electron chi connectivity index (χ2n) is 4.06. The number of H-pyrrole nitrogens is 1. The van der Waals surface area contributed by atoms with Gasteiger partial charge in [-0.3, -0.25) is 9.59 Å². The number of hydrogen-bond acceptors (Lipinski definition) is 2. The Labute approximate surface area is 125 Å². The molecule has 2 aromatic rings. The molecule has 0 aliphatic carbocycles. The van der Waals surface area contributed by atoms with Crippen molar-refractivity contribution < 1.29 is 18.0 Å². The maximum Gasteiger partial charge on any atom is 0.417 e. The van der Waals surface area contributed by atoms with Crippen molar-refractivity contribution >= 4 is 27.5 Å². The fraction of sp³-hybridized carbons (Fsp3) is 0.0769. The normalized spacial score (nSPS) is 11.2. The van der Waals surface area contributed by atoms with Crippen molar-refractivity contribution in [3.05, 3.63) is 62.5 Å². The molecule has 4 nitrogen and oxygen atoms in total. The van der Waals surface area contributed by atoms with Gasteiger partial charge < -0.3 is 10.3 Å². The maximum atomic E-state index is 12.8. The molecular formula is C13H8BrF3N2O2. The first-order chi connectivity index (χ1) is 9.79. The number of alkyl halides is 3. The van der Waals surface area contributed by atoms with Crippen molar-refractivity contribution in [2.75, 3.05) is 5.32 Å². The Balaban J connectivity index is 2.38. The number of pyridine rings is 1. The van der Waals surface area contributed by atoms with Gasteiger partial charge in [-0.2, -0.15) is 13.2 Å². The van der Waals surface area contributed by atoms with Gasteiger partial charge in [0.2, 0.25) is 0 Å². The van der Waals surface area contributed by atoms with Gasteiger partial charge in [-0.05, 0) is 34.1 Å². The Bertz CT molecular complexity index is 741. The molecule has 2 rings (SSSR count). The van der Waals surface area contributed by atoms with Crippen LogP contribution in [0.2, 0.25) is 0 Å². The van der Waals surface area contributed by atoms with Crippen molar-refractivity contribution in [1.82, 2.24) is 4.98 Å². The number of carbonyl (C=O) groups is 1. The van der Waals surface area contributed by atoms with E-state index in [1.165, 1.54) is 24.4 Å². The van der Waals surface area contributed by atoms with E-state index in [1.807, 2.05) is 0 Å². The number of aromatic amines is 1. The monoisotopic (exact) mass is 360 g/mol. The highest BCUT2D eigenvalue weighted by atomic mass is 79.9. The number of nitrogens with one attached hydrogen (secondary N) is 2. The molecule has 8 heteroatoms. The van der Waals surface area contributed by atoms with Crippen molar-refractivity contribution in [2.45, 2.75) is 6.18 Å². The second kappa shape index (κ2) is 5.72. The summed E-state index contributed by atoms with van der Waals surface area (Å²) >= 11 is 3.09. The topological polar surface area (TPSA) is 62.0 Å². The molecular weight excluding hydrogens is 353 g/mol. The molecule has 0 spiro atoms. The number of amides is 1. The highest BCUT2D eigenvalue weighted by Gasteiger charge is 2.34. The van der Waals surface area contributed by atoms with Crippen LogP contribution in [-0.2, 0) is 6.18 Å². The van der Waals surface area contributed by atoms with Crippen LogP contribution in [0, 0.1) is 0 Å². The van der Waals surface area contributed by atoms with Crippen LogP contribution in [0.5, 0.6) is 0 Å². The lowest BCUT2D eigenvalue weighted by Gasteiger charge is -2.12. The third-order valence-electron chi connectivity index (χ3n) is 2.59. The summed E-state index contributed by atoms with van der Waals surface area (Å²) in [6.07, 6.45) is -3.31. The SMILES string of the molecule is O=C(Nc1cc(Br)c[nH]c1=O)c1ccccc1C(F)(F)F. The Morgan fingerprint density at radius 2 is 1.90 bits per heavy atom. The van der Waals surface area contributed by atoms with Crippen molar-refractivity contribution in [1.29, 1.82) is 0 Å². The van der Waals surface area contributed by atoms with Gasteiger partial charge in [-0.25, -0.2) is 0 Å². The fourth-order valence-electron chi connectivity index (χ4n) is 1.67. The minimum Gasteiger partial charge on any atom is -0.326 e. The van der Waals surface area contributed by atoms with Gasteiger partial charge in [0, 0.05) is 10.7 Å². The predicted molar refractivity (Wildman–Crippen MR) is 74.2 cm³/mol. The molecule has 110 valence electrons. The fourth-order valence-corrected chi connectivity index (χ4v) is 2.01. The van der Waals surface area contributed by atoms with Crippen LogP contribution >= 0.6 is 15.9 Å². The summed E-state index contributed by atoms with van der Waals surface area (Å²) in [7, 11) is 0. The predicted octanol–water partition coefficient (Wildman–Crippen LogP) is 3.41. The molecule has 0 aliphatic rings. The largest absolute Gasteiger partial charge is 0.417 e. The molecule has 2 N–H and O–H groups in total. The van der Waals surface area contributed by atoms with Gasteiger partial charge in [0.05, 0.1) is 11.1 Å². The number of rotatable bonds is 2. The average molecular weight is 361 g/mol. The first-order valence-corrected chi connectivity index (χ1v) is 6.44. The summed E-state index contributed by atoms with van der Waals surface area (Å²) in [6, 6.07) is 5.65. The highest BCUT2D eigenvalue weighted by Crippen LogP contribution is 2.32. The molecule has 0 bridgehead atoms. The summed E-state index contributed by atoms with van der Waals surface area (Å²) < 4.78 is 39.0. The van der Waals surface area contributed by atoms with Crippen LogP contribution < -0.4 is 10.9 Å². The minimum atomic E-state index is -4.66. The first kappa shape index (κ1) is 15.3. The third-order valence-corrected chi connectivity index (χ3v) is 3.05. The van der Waals surface area contributed by atoms with Gasteiger partial charge >= 0.3 is 6.18 Å². The molecule has 0 aliphatic heterocycles. The molecule has 1 amide bonds. The number of benzene rings is 1. The molecule has 1 heterocycles. The Hall–Kier alpha value is -2.09. The zero-order chi connectivity index (χ0) is 15.6. The lowest BCUT2D eigenvalue weighted by Crippen LogP contribution is -2.22. The number of aromatic nitrogens is 1. The molecule has 0 radical (unpaired) electrons. The Kier molecular flexibility index (Phi) is 4.17. The first-order valence-electron chi connectivity index (χ1n) is 5.65. The molecule has 1 aromatic carbocycles. The van der Waals surface area contributed by atoms with Crippen LogP contribution in [0.1, 0.15) is 15.9 Å². The van der Waals surface area contributed by atoms with Gasteiger partial charge in [0.1, 0.15) is 5.69 Å². The molecule has 0 saturated carbocycles. The Morgan fingerprint density at radius 3 is 2.57 bits per heavy atom. The second-order valence-corrected chi connectivity index (χ2v) is 4.97. The quantitative estimate of drug-likeness (QED) is 0.861. The number of hydrogen-bond donors (Lipinski definition) is 2. The summed E-state index contributed by atoms with van der Waals surface area (Å²) in [5.41, 5.74) is -2.37. The van der Waals surface area contributed by atoms with E-state index in [9.17, 15) is 22.8 Å². The van der Waals surface area contributed by atoms with Crippen LogP contribution in [0.4, 0.5) is 18.9 Å². The lowest BCUT2D eigenvalue weighted by atomic mass is 10.1. The van der Waals surface area contributed by atoms with Gasteiger partial charge in [0.25, 0.3) is 11.5 Å². The van der Waals surface area contributed by atoms with E-state index in [-0.39, 0.29) is 5.69 Å². The summed E-state index contributed by atoms with van der Waals surface area (Å²) in [4.78, 5) is 25.8. The van der Waals surface area contributed by atoms with Crippen molar-refractivity contribution in [3.8, 4) is 0 Å².